The van der Waals surface area contributed by atoms with E-state index in [2.05, 4.69) is 5.32 Å². The number of rotatable bonds is 4. The minimum absolute atomic E-state index is 0.189. The van der Waals surface area contributed by atoms with E-state index in [9.17, 15) is 27.9 Å². The fourth-order valence-corrected chi connectivity index (χ4v) is 4.11. The molecule has 0 bridgehead atoms. The van der Waals surface area contributed by atoms with Crippen LogP contribution in [0.15, 0.2) is 30.3 Å². The van der Waals surface area contributed by atoms with E-state index in [1.165, 1.54) is 26.0 Å². The van der Waals surface area contributed by atoms with Crippen LogP contribution in [0.25, 0.3) is 0 Å². The molecule has 1 fully saturated rings. The third-order valence-electron chi connectivity index (χ3n) is 3.72. The van der Waals surface area contributed by atoms with Crippen LogP contribution in [-0.4, -0.2) is 59.1 Å². The van der Waals surface area contributed by atoms with Crippen LogP contribution in [0.3, 0.4) is 0 Å². The summed E-state index contributed by atoms with van der Waals surface area (Å²) in [7, 11) is -3.88. The Morgan fingerprint density at radius 1 is 1.24 bits per heavy atom. The number of aliphatic carboxylic acids is 1. The molecule has 0 aliphatic carbocycles. The molecular formula is C15H19N3O6S. The zero-order chi connectivity index (χ0) is 19.0. The molecule has 9 nitrogen and oxygen atoms in total. The van der Waals surface area contributed by atoms with Crippen molar-refractivity contribution in [3.63, 3.8) is 0 Å². The highest BCUT2D eigenvalue weighted by Gasteiger charge is 2.50. The molecule has 1 aliphatic rings. The van der Waals surface area contributed by atoms with Crippen molar-refractivity contribution >= 4 is 28.1 Å². The smallest absolute Gasteiger partial charge is 0.342 e. The van der Waals surface area contributed by atoms with Gasteiger partial charge in [0.15, 0.2) is 6.04 Å². The van der Waals surface area contributed by atoms with Crippen LogP contribution >= 0.6 is 0 Å². The molecule has 1 aromatic carbocycles. The Morgan fingerprint density at radius 3 is 2.24 bits per heavy atom. The average molecular weight is 369 g/mol. The largest absolute Gasteiger partial charge is 0.479 e. The van der Waals surface area contributed by atoms with Gasteiger partial charge >= 0.3 is 18.0 Å². The Balaban J connectivity index is 2.26. The lowest BCUT2D eigenvalue weighted by atomic mass is 10.1. The standard InChI is InChI=1S/C15H19N3O6S/c1-15(2)9-17(14(22)18(15)25(3,23)24)13(21)16-11(12(19)20)10-7-5-4-6-8-10/h4-8,11H,9H2,1-3H3,(H,16,21)(H,19,20). The van der Waals surface area contributed by atoms with Crippen LogP contribution in [-0.2, 0) is 14.8 Å². The fourth-order valence-electron chi connectivity index (χ4n) is 2.77. The number of carboxylic acids is 1. The number of urea groups is 2. The maximum absolute atomic E-state index is 12.4. The lowest BCUT2D eigenvalue weighted by Crippen LogP contribution is -2.47. The predicted molar refractivity (Wildman–Crippen MR) is 88.2 cm³/mol. The van der Waals surface area contributed by atoms with E-state index in [0.29, 0.717) is 14.8 Å². The summed E-state index contributed by atoms with van der Waals surface area (Å²) in [5, 5.41) is 11.6. The van der Waals surface area contributed by atoms with Crippen molar-refractivity contribution < 1.29 is 27.9 Å². The van der Waals surface area contributed by atoms with Gasteiger partial charge in [0.05, 0.1) is 18.3 Å². The van der Waals surface area contributed by atoms with Gasteiger partial charge in [-0.05, 0) is 19.4 Å². The van der Waals surface area contributed by atoms with Crippen molar-refractivity contribution in [2.24, 2.45) is 0 Å². The normalized spacial score (nSPS) is 18.1. The number of carbonyl (C=O) groups excluding carboxylic acids is 2. The third kappa shape index (κ3) is 3.73. The first kappa shape index (κ1) is 18.7. The minimum Gasteiger partial charge on any atom is -0.479 e. The van der Waals surface area contributed by atoms with Gasteiger partial charge in [-0.1, -0.05) is 30.3 Å². The molecule has 1 aromatic rings. The summed E-state index contributed by atoms with van der Waals surface area (Å²) >= 11 is 0. The number of imide groups is 1. The van der Waals surface area contributed by atoms with Gasteiger partial charge in [-0.15, -0.1) is 0 Å². The first-order valence-electron chi connectivity index (χ1n) is 7.35. The highest BCUT2D eigenvalue weighted by atomic mass is 32.2. The van der Waals surface area contributed by atoms with Gasteiger partial charge in [0.1, 0.15) is 0 Å². The van der Waals surface area contributed by atoms with E-state index in [0.717, 1.165) is 6.26 Å². The van der Waals surface area contributed by atoms with Gasteiger partial charge < -0.3 is 10.4 Å². The van der Waals surface area contributed by atoms with Gasteiger partial charge in [0, 0.05) is 0 Å². The summed E-state index contributed by atoms with van der Waals surface area (Å²) in [6.45, 7) is 2.82. The van der Waals surface area contributed by atoms with Gasteiger partial charge in [0.2, 0.25) is 10.0 Å². The topological polar surface area (TPSA) is 124 Å². The highest BCUT2D eigenvalue weighted by Crippen LogP contribution is 2.29. The summed E-state index contributed by atoms with van der Waals surface area (Å²) in [6, 6.07) is 4.63. The number of carbonyl (C=O) groups is 3. The number of nitrogens with zero attached hydrogens (tertiary/aromatic N) is 2. The molecule has 1 unspecified atom stereocenters. The number of carboxylic acid groups (broad SMARTS) is 1. The van der Waals surface area contributed by atoms with E-state index >= 15 is 0 Å². The average Bonchev–Trinajstić information content (AvgIpc) is 2.74. The van der Waals surface area contributed by atoms with Crippen LogP contribution in [0.2, 0.25) is 0 Å². The number of hydrogen-bond donors (Lipinski definition) is 2. The second-order valence-corrected chi connectivity index (χ2v) is 8.17. The molecule has 0 aromatic heterocycles. The summed E-state index contributed by atoms with van der Waals surface area (Å²) in [5.74, 6) is -1.30. The number of amides is 4. The zero-order valence-electron chi connectivity index (χ0n) is 14.0. The molecule has 0 spiro atoms. The predicted octanol–water partition coefficient (Wildman–Crippen LogP) is 0.998. The monoisotopic (exact) mass is 369 g/mol. The molecule has 2 N–H and O–H groups in total. The summed E-state index contributed by atoms with van der Waals surface area (Å²) in [6.07, 6.45) is 0.873. The summed E-state index contributed by atoms with van der Waals surface area (Å²) < 4.78 is 24.3. The first-order valence-corrected chi connectivity index (χ1v) is 9.20. The molecule has 25 heavy (non-hydrogen) atoms. The maximum atomic E-state index is 12.4. The van der Waals surface area contributed by atoms with Crippen molar-refractivity contribution in [3.8, 4) is 0 Å². The van der Waals surface area contributed by atoms with E-state index < -0.39 is 39.6 Å². The molecule has 2 rings (SSSR count). The van der Waals surface area contributed by atoms with Crippen molar-refractivity contribution in [2.45, 2.75) is 25.4 Å². The molecule has 136 valence electrons. The van der Waals surface area contributed by atoms with Crippen LogP contribution in [0, 0.1) is 0 Å². The highest BCUT2D eigenvalue weighted by molar-refractivity contribution is 7.89. The third-order valence-corrected chi connectivity index (χ3v) is 5.04. The molecule has 10 heteroatoms. The Labute approximate surface area is 145 Å². The number of hydrogen-bond acceptors (Lipinski definition) is 5. The van der Waals surface area contributed by atoms with Gasteiger partial charge in [-0.25, -0.2) is 32.0 Å². The first-order chi connectivity index (χ1) is 11.4. The van der Waals surface area contributed by atoms with Crippen molar-refractivity contribution in [1.82, 2.24) is 14.5 Å². The summed E-state index contributed by atoms with van der Waals surface area (Å²) in [4.78, 5) is 36.9. The lowest BCUT2D eigenvalue weighted by molar-refractivity contribution is -0.139. The minimum atomic E-state index is -3.88. The van der Waals surface area contributed by atoms with Crippen LogP contribution in [0.4, 0.5) is 9.59 Å². The van der Waals surface area contributed by atoms with E-state index in [-0.39, 0.29) is 6.54 Å². The van der Waals surface area contributed by atoms with E-state index in [1.807, 2.05) is 0 Å². The van der Waals surface area contributed by atoms with Crippen molar-refractivity contribution in [2.75, 3.05) is 12.8 Å². The van der Waals surface area contributed by atoms with Crippen molar-refractivity contribution in [3.05, 3.63) is 35.9 Å². The van der Waals surface area contributed by atoms with Crippen LogP contribution in [0.5, 0.6) is 0 Å². The number of benzene rings is 1. The lowest BCUT2D eigenvalue weighted by Gasteiger charge is -2.26. The molecular weight excluding hydrogens is 350 g/mol. The molecule has 0 radical (unpaired) electrons. The van der Waals surface area contributed by atoms with E-state index in [1.54, 1.807) is 18.2 Å². The second kappa shape index (κ2) is 6.36. The zero-order valence-corrected chi connectivity index (χ0v) is 14.8. The maximum Gasteiger partial charge on any atom is 0.342 e. The Bertz CT molecular complexity index is 806. The second-order valence-electron chi connectivity index (χ2n) is 6.34. The van der Waals surface area contributed by atoms with Crippen LogP contribution < -0.4 is 5.32 Å². The molecule has 1 saturated heterocycles. The SMILES string of the molecule is CC1(C)CN(C(=O)NC(C(=O)O)c2ccccc2)C(=O)N1S(C)(=O)=O. The van der Waals surface area contributed by atoms with Gasteiger partial charge in [-0.2, -0.15) is 0 Å². The molecule has 1 heterocycles. The van der Waals surface area contributed by atoms with Crippen molar-refractivity contribution in [1.29, 1.82) is 0 Å². The Morgan fingerprint density at radius 2 is 1.80 bits per heavy atom. The molecule has 0 saturated carbocycles. The molecule has 4 amide bonds. The number of nitrogens with one attached hydrogen (secondary N) is 1. The van der Waals surface area contributed by atoms with Crippen LogP contribution in [0.1, 0.15) is 25.5 Å². The van der Waals surface area contributed by atoms with Gasteiger partial charge in [-0.3, -0.25) is 0 Å². The fraction of sp³-hybridized carbons (Fsp3) is 0.400. The Kier molecular flexibility index (Phi) is 4.76. The molecule has 1 atom stereocenters. The van der Waals surface area contributed by atoms with Gasteiger partial charge in [0.25, 0.3) is 0 Å². The quantitative estimate of drug-likeness (QED) is 0.816. The van der Waals surface area contributed by atoms with E-state index in [4.69, 9.17) is 0 Å². The Hall–Kier alpha value is -2.62. The molecule has 1 aliphatic heterocycles. The summed E-state index contributed by atoms with van der Waals surface area (Å²) in [5.41, 5.74) is -0.803. The number of sulfonamides is 1.